The van der Waals surface area contributed by atoms with Gasteiger partial charge in [-0.1, -0.05) is 6.07 Å². The molecular weight excluding hydrogens is 476 g/mol. The molecule has 1 saturated heterocycles. The molecule has 1 fully saturated rings. The molecule has 0 atom stereocenters. The van der Waals surface area contributed by atoms with Crippen LogP contribution in [0.25, 0.3) is 0 Å². The van der Waals surface area contributed by atoms with Crippen LogP contribution in [0.1, 0.15) is 5.56 Å². The second kappa shape index (κ2) is 11.0. The fourth-order valence-corrected chi connectivity index (χ4v) is 4.05. The molecule has 192 valence electrons. The first-order chi connectivity index (χ1) is 17.4. The van der Waals surface area contributed by atoms with Gasteiger partial charge in [0.05, 0.1) is 19.1 Å². The maximum absolute atomic E-state index is 12.1. The second-order valence-corrected chi connectivity index (χ2v) is 8.09. The Morgan fingerprint density at radius 2 is 1.72 bits per heavy atom. The number of fused-ring (bicyclic) bond motifs is 1. The fraction of sp³-hybridized carbons (Fsp3) is 0.455. The highest BCUT2D eigenvalue weighted by Gasteiger charge is 2.33. The third kappa shape index (κ3) is 5.54. The highest BCUT2D eigenvalue weighted by molar-refractivity contribution is 5.84. The summed E-state index contributed by atoms with van der Waals surface area (Å²) in [7, 11) is 2.36. The first-order valence-electron chi connectivity index (χ1n) is 11.1. The van der Waals surface area contributed by atoms with Crippen molar-refractivity contribution in [1.29, 1.82) is 0 Å². The van der Waals surface area contributed by atoms with E-state index in [-0.39, 0.29) is 18.4 Å². The zero-order valence-electron chi connectivity index (χ0n) is 19.9. The van der Waals surface area contributed by atoms with Gasteiger partial charge in [-0.05, 0) is 17.7 Å². The van der Waals surface area contributed by atoms with Gasteiger partial charge >= 0.3 is 17.6 Å². The molecule has 2 aromatic rings. The summed E-state index contributed by atoms with van der Waals surface area (Å²) in [4.78, 5) is 48.7. The molecule has 14 nitrogen and oxygen atoms in total. The number of carbonyl (C=O) groups is 2. The predicted molar refractivity (Wildman–Crippen MR) is 125 cm³/mol. The van der Waals surface area contributed by atoms with Gasteiger partial charge in [-0.2, -0.15) is 0 Å². The van der Waals surface area contributed by atoms with Gasteiger partial charge in [0.15, 0.2) is 11.5 Å². The van der Waals surface area contributed by atoms with Crippen LogP contribution in [0.5, 0.6) is 11.5 Å². The monoisotopic (exact) mass is 502 g/mol. The van der Waals surface area contributed by atoms with Gasteiger partial charge in [0.2, 0.25) is 18.4 Å². The molecule has 0 aliphatic carbocycles. The number of carbonyl (C=O) groups excluding carboxylic acids is 2. The SMILES string of the molecule is COC(=O)CN(CC(=O)OC)c1ncnc(N2CCN(Cc3ccc4c(c3)OCO4)CC2)c1[N+](=O)[O-]. The van der Waals surface area contributed by atoms with Crippen molar-refractivity contribution < 1.29 is 33.5 Å². The number of ether oxygens (including phenoxy) is 4. The molecule has 3 heterocycles. The highest BCUT2D eigenvalue weighted by Crippen LogP contribution is 2.35. The number of anilines is 2. The number of aromatic nitrogens is 2. The lowest BCUT2D eigenvalue weighted by molar-refractivity contribution is -0.383. The van der Waals surface area contributed by atoms with Gasteiger partial charge in [0, 0.05) is 32.7 Å². The molecule has 36 heavy (non-hydrogen) atoms. The number of hydrogen-bond acceptors (Lipinski definition) is 13. The van der Waals surface area contributed by atoms with Gasteiger partial charge in [-0.3, -0.25) is 24.6 Å². The van der Waals surface area contributed by atoms with E-state index < -0.39 is 35.6 Å². The van der Waals surface area contributed by atoms with Crippen molar-refractivity contribution in [3.05, 3.63) is 40.2 Å². The normalized spacial score (nSPS) is 14.9. The number of benzene rings is 1. The molecular formula is C22H26N6O8. The van der Waals surface area contributed by atoms with E-state index in [9.17, 15) is 19.7 Å². The molecule has 0 spiro atoms. The lowest BCUT2D eigenvalue weighted by Crippen LogP contribution is -2.46. The zero-order valence-corrected chi connectivity index (χ0v) is 19.9. The average Bonchev–Trinajstić information content (AvgIpc) is 3.36. The quantitative estimate of drug-likeness (QED) is 0.268. The molecule has 0 unspecified atom stereocenters. The van der Waals surface area contributed by atoms with E-state index in [0.717, 1.165) is 22.0 Å². The summed E-state index contributed by atoms with van der Waals surface area (Å²) in [6.45, 7) is 2.30. The lowest BCUT2D eigenvalue weighted by Gasteiger charge is -2.35. The first-order valence-corrected chi connectivity index (χ1v) is 11.1. The smallest absolute Gasteiger partial charge is 0.353 e. The number of esters is 2. The number of rotatable bonds is 9. The Morgan fingerprint density at radius 1 is 1.06 bits per heavy atom. The summed E-state index contributed by atoms with van der Waals surface area (Å²) in [6, 6.07) is 5.82. The van der Waals surface area contributed by atoms with Crippen molar-refractivity contribution >= 4 is 29.3 Å². The average molecular weight is 502 g/mol. The molecule has 0 amide bonds. The molecule has 1 aromatic heterocycles. The van der Waals surface area contributed by atoms with Crippen LogP contribution in [-0.2, 0) is 25.6 Å². The van der Waals surface area contributed by atoms with Crippen LogP contribution in [0.3, 0.4) is 0 Å². The third-order valence-corrected chi connectivity index (χ3v) is 5.88. The Balaban J connectivity index is 1.51. The number of nitro groups is 1. The van der Waals surface area contributed by atoms with Crippen LogP contribution in [0.2, 0.25) is 0 Å². The van der Waals surface area contributed by atoms with Gasteiger partial charge < -0.3 is 28.7 Å². The minimum absolute atomic E-state index is 0.118. The van der Waals surface area contributed by atoms with Gasteiger partial charge in [-0.15, -0.1) is 0 Å². The van der Waals surface area contributed by atoms with E-state index in [2.05, 4.69) is 24.3 Å². The summed E-state index contributed by atoms with van der Waals surface area (Å²) in [5, 5.41) is 12.1. The van der Waals surface area contributed by atoms with Crippen LogP contribution in [0, 0.1) is 10.1 Å². The van der Waals surface area contributed by atoms with Crippen molar-refractivity contribution in [3.8, 4) is 11.5 Å². The number of methoxy groups -OCH3 is 2. The van der Waals surface area contributed by atoms with Crippen LogP contribution in [0.15, 0.2) is 24.5 Å². The largest absolute Gasteiger partial charge is 0.468 e. The number of nitrogens with zero attached hydrogens (tertiary/aromatic N) is 6. The van der Waals surface area contributed by atoms with Crippen LogP contribution in [0.4, 0.5) is 17.3 Å². The van der Waals surface area contributed by atoms with E-state index in [1.165, 1.54) is 20.5 Å². The van der Waals surface area contributed by atoms with Crippen molar-refractivity contribution in [3.63, 3.8) is 0 Å². The Hall–Kier alpha value is -4.20. The van der Waals surface area contributed by atoms with Crippen molar-refractivity contribution in [2.45, 2.75) is 6.54 Å². The number of hydrogen-bond donors (Lipinski definition) is 0. The van der Waals surface area contributed by atoms with Crippen molar-refractivity contribution in [2.24, 2.45) is 0 Å². The fourth-order valence-electron chi connectivity index (χ4n) is 4.05. The van der Waals surface area contributed by atoms with Gasteiger partial charge in [0.25, 0.3) is 0 Å². The van der Waals surface area contributed by atoms with E-state index >= 15 is 0 Å². The Morgan fingerprint density at radius 3 is 2.36 bits per heavy atom. The molecule has 0 saturated carbocycles. The summed E-state index contributed by atoms with van der Waals surface area (Å²) < 4.78 is 20.1. The zero-order chi connectivity index (χ0) is 25.7. The lowest BCUT2D eigenvalue weighted by atomic mass is 10.1. The molecule has 2 aliphatic heterocycles. The number of piperazine rings is 1. The van der Waals surface area contributed by atoms with Gasteiger partial charge in [-0.25, -0.2) is 9.97 Å². The van der Waals surface area contributed by atoms with Crippen LogP contribution in [-0.4, -0.2) is 92.0 Å². The maximum Gasteiger partial charge on any atom is 0.353 e. The van der Waals surface area contributed by atoms with Crippen LogP contribution < -0.4 is 19.3 Å². The third-order valence-electron chi connectivity index (χ3n) is 5.88. The Kier molecular flexibility index (Phi) is 7.63. The van der Waals surface area contributed by atoms with E-state index in [1.54, 1.807) is 4.90 Å². The molecule has 2 aliphatic rings. The summed E-state index contributed by atoms with van der Waals surface area (Å²) in [6.07, 6.45) is 1.18. The topological polar surface area (TPSA) is 150 Å². The minimum Gasteiger partial charge on any atom is -0.468 e. The summed E-state index contributed by atoms with van der Waals surface area (Å²) >= 11 is 0. The molecule has 4 rings (SSSR count). The van der Waals surface area contributed by atoms with E-state index in [0.29, 0.717) is 32.7 Å². The van der Waals surface area contributed by atoms with E-state index in [1.807, 2.05) is 18.2 Å². The highest BCUT2D eigenvalue weighted by atomic mass is 16.7. The van der Waals surface area contributed by atoms with Crippen LogP contribution >= 0.6 is 0 Å². The van der Waals surface area contributed by atoms with E-state index in [4.69, 9.17) is 9.47 Å². The molecule has 0 N–H and O–H groups in total. The standard InChI is InChI=1S/C22H26N6O8/c1-33-18(29)11-27(12-19(30)34-2)22-20(28(31)32)21(23-13-24-22)26-7-5-25(6-8-26)10-15-3-4-16-17(9-15)36-14-35-16/h3-4,9,13H,5-8,10-12,14H2,1-2H3. The van der Waals surface area contributed by atoms with Crippen molar-refractivity contribution in [2.75, 3.05) is 70.1 Å². The Bertz CT molecular complexity index is 1120. The molecule has 14 heteroatoms. The molecule has 0 radical (unpaired) electrons. The first kappa shape index (κ1) is 24.9. The summed E-state index contributed by atoms with van der Waals surface area (Å²) in [5.74, 6) is 0.0228. The summed E-state index contributed by atoms with van der Waals surface area (Å²) in [5.41, 5.74) is 0.679. The minimum atomic E-state index is -0.689. The predicted octanol–water partition coefficient (Wildman–Crippen LogP) is 0.588. The molecule has 0 bridgehead atoms. The Labute approximate surface area is 206 Å². The van der Waals surface area contributed by atoms with Gasteiger partial charge in [0.1, 0.15) is 19.4 Å². The van der Waals surface area contributed by atoms with Crippen molar-refractivity contribution in [1.82, 2.24) is 14.9 Å². The molecule has 1 aromatic carbocycles. The second-order valence-electron chi connectivity index (χ2n) is 8.09. The maximum atomic E-state index is 12.1.